The van der Waals surface area contributed by atoms with E-state index in [1.165, 1.54) is 64.9 Å². The summed E-state index contributed by atoms with van der Waals surface area (Å²) in [5.74, 6) is 1.57. The molecular formula is C27H43NO4. The zero-order valence-corrected chi connectivity index (χ0v) is 20.7. The minimum Gasteiger partial charge on any atom is -0.494 e. The Morgan fingerprint density at radius 3 is 1.97 bits per heavy atom. The highest BCUT2D eigenvalue weighted by Crippen LogP contribution is 2.34. The molecule has 5 nitrogen and oxygen atoms in total. The van der Waals surface area contributed by atoms with Gasteiger partial charge < -0.3 is 18.8 Å². The van der Waals surface area contributed by atoms with Crippen LogP contribution in [0.5, 0.6) is 17.2 Å². The fraction of sp³-hybridized carbons (Fsp3) is 0.667. The monoisotopic (exact) mass is 445 g/mol. The molecular weight excluding hydrogens is 402 g/mol. The maximum atomic E-state index is 13.2. The highest BCUT2D eigenvalue weighted by molar-refractivity contribution is 5.89. The van der Waals surface area contributed by atoms with Gasteiger partial charge in [0, 0.05) is 18.0 Å². The molecule has 32 heavy (non-hydrogen) atoms. The van der Waals surface area contributed by atoms with Crippen molar-refractivity contribution in [3.8, 4) is 17.2 Å². The molecule has 0 aliphatic rings. The van der Waals surface area contributed by atoms with E-state index in [-0.39, 0.29) is 11.3 Å². The van der Waals surface area contributed by atoms with Crippen molar-refractivity contribution in [2.45, 2.75) is 97.4 Å². The standard InChI is InChI=1S/C27H43NO4/c1-5-7-9-11-13-15-19-28-24-21-22(32-20-16-14-12-10-8-6-2)17-18-23(24)25(30-3)26(31-4)27(28)29/h17-18,21H,5-16,19-20H2,1-4H3. The van der Waals surface area contributed by atoms with Crippen molar-refractivity contribution >= 4 is 10.9 Å². The van der Waals surface area contributed by atoms with Crippen LogP contribution in [-0.4, -0.2) is 25.4 Å². The molecule has 2 aromatic rings. The van der Waals surface area contributed by atoms with Gasteiger partial charge in [0.25, 0.3) is 5.56 Å². The van der Waals surface area contributed by atoms with Crippen LogP contribution in [0.2, 0.25) is 0 Å². The highest BCUT2D eigenvalue weighted by atomic mass is 16.5. The van der Waals surface area contributed by atoms with Crippen LogP contribution < -0.4 is 19.8 Å². The number of aryl methyl sites for hydroxylation is 1. The second kappa shape index (κ2) is 14.8. The number of methoxy groups -OCH3 is 2. The third kappa shape index (κ3) is 7.46. The van der Waals surface area contributed by atoms with Gasteiger partial charge >= 0.3 is 0 Å². The molecule has 0 saturated heterocycles. The van der Waals surface area contributed by atoms with E-state index in [1.54, 1.807) is 7.11 Å². The van der Waals surface area contributed by atoms with Crippen LogP contribution in [0.15, 0.2) is 23.0 Å². The molecule has 2 rings (SSSR count). The van der Waals surface area contributed by atoms with Crippen LogP contribution in [0.1, 0.15) is 90.9 Å². The summed E-state index contributed by atoms with van der Waals surface area (Å²) >= 11 is 0. The molecule has 0 unspecified atom stereocenters. The van der Waals surface area contributed by atoms with E-state index in [1.807, 2.05) is 22.8 Å². The number of benzene rings is 1. The lowest BCUT2D eigenvalue weighted by Crippen LogP contribution is -2.23. The van der Waals surface area contributed by atoms with Crippen molar-refractivity contribution in [3.63, 3.8) is 0 Å². The summed E-state index contributed by atoms with van der Waals surface area (Å²) in [7, 11) is 3.11. The Kier molecular flexibility index (Phi) is 12.1. The Labute approximate surface area is 194 Å². The molecule has 0 aliphatic heterocycles. The van der Waals surface area contributed by atoms with Crippen molar-refractivity contribution in [3.05, 3.63) is 28.6 Å². The molecule has 0 N–H and O–H groups in total. The number of unbranched alkanes of at least 4 members (excludes halogenated alkanes) is 10. The largest absolute Gasteiger partial charge is 0.494 e. The average molecular weight is 446 g/mol. The van der Waals surface area contributed by atoms with E-state index in [0.717, 1.165) is 35.9 Å². The zero-order valence-electron chi connectivity index (χ0n) is 20.7. The first kappa shape index (κ1) is 26.1. The Morgan fingerprint density at radius 1 is 0.750 bits per heavy atom. The number of aromatic nitrogens is 1. The first-order valence-electron chi connectivity index (χ1n) is 12.6. The minimum atomic E-state index is -0.140. The van der Waals surface area contributed by atoms with Crippen LogP contribution in [-0.2, 0) is 6.54 Å². The van der Waals surface area contributed by atoms with Crippen molar-refractivity contribution in [1.29, 1.82) is 0 Å². The van der Waals surface area contributed by atoms with E-state index in [4.69, 9.17) is 14.2 Å². The summed E-state index contributed by atoms with van der Waals surface area (Å²) in [5.41, 5.74) is 0.708. The molecule has 0 fully saturated rings. The molecule has 0 saturated carbocycles. The maximum Gasteiger partial charge on any atom is 0.297 e. The van der Waals surface area contributed by atoms with E-state index in [0.29, 0.717) is 18.9 Å². The summed E-state index contributed by atoms with van der Waals surface area (Å²) < 4.78 is 18.9. The average Bonchev–Trinajstić information content (AvgIpc) is 2.81. The normalized spacial score (nSPS) is 11.1. The van der Waals surface area contributed by atoms with Crippen LogP contribution in [0.25, 0.3) is 10.9 Å². The van der Waals surface area contributed by atoms with Gasteiger partial charge in [-0.05, 0) is 25.0 Å². The molecule has 0 amide bonds. The fourth-order valence-corrected chi connectivity index (χ4v) is 4.20. The Hall–Kier alpha value is -2.17. The molecule has 0 spiro atoms. The van der Waals surface area contributed by atoms with Crippen LogP contribution in [0, 0.1) is 0 Å². The third-order valence-corrected chi connectivity index (χ3v) is 6.06. The molecule has 180 valence electrons. The molecule has 5 heteroatoms. The molecule has 0 aliphatic carbocycles. The van der Waals surface area contributed by atoms with Crippen molar-refractivity contribution in [1.82, 2.24) is 4.57 Å². The van der Waals surface area contributed by atoms with Gasteiger partial charge in [0.05, 0.1) is 26.3 Å². The number of fused-ring (bicyclic) bond motifs is 1. The van der Waals surface area contributed by atoms with Gasteiger partial charge in [0.15, 0.2) is 5.75 Å². The number of nitrogens with zero attached hydrogens (tertiary/aromatic N) is 1. The van der Waals surface area contributed by atoms with Gasteiger partial charge in [-0.25, -0.2) is 0 Å². The molecule has 0 atom stereocenters. The number of hydrogen-bond acceptors (Lipinski definition) is 4. The molecule has 1 aromatic carbocycles. The Morgan fingerprint density at radius 2 is 1.34 bits per heavy atom. The van der Waals surface area contributed by atoms with E-state index < -0.39 is 0 Å². The lowest BCUT2D eigenvalue weighted by Gasteiger charge is -2.17. The van der Waals surface area contributed by atoms with Gasteiger partial charge in [-0.1, -0.05) is 78.1 Å². The van der Waals surface area contributed by atoms with Crippen LogP contribution in [0.3, 0.4) is 0 Å². The molecule has 0 bridgehead atoms. The van der Waals surface area contributed by atoms with Gasteiger partial charge in [0.2, 0.25) is 5.75 Å². The van der Waals surface area contributed by atoms with Crippen molar-refractivity contribution in [2.24, 2.45) is 0 Å². The topological polar surface area (TPSA) is 49.7 Å². The van der Waals surface area contributed by atoms with E-state index >= 15 is 0 Å². The van der Waals surface area contributed by atoms with Crippen molar-refractivity contribution < 1.29 is 14.2 Å². The lowest BCUT2D eigenvalue weighted by atomic mass is 10.1. The van der Waals surface area contributed by atoms with Crippen LogP contribution >= 0.6 is 0 Å². The number of hydrogen-bond donors (Lipinski definition) is 0. The van der Waals surface area contributed by atoms with Crippen molar-refractivity contribution in [2.75, 3.05) is 20.8 Å². The van der Waals surface area contributed by atoms with E-state index in [2.05, 4.69) is 13.8 Å². The predicted molar refractivity (Wildman–Crippen MR) is 134 cm³/mol. The van der Waals surface area contributed by atoms with Gasteiger partial charge in [-0.3, -0.25) is 4.79 Å². The summed E-state index contributed by atoms with van der Waals surface area (Å²) in [6, 6.07) is 5.91. The second-order valence-electron chi connectivity index (χ2n) is 8.59. The third-order valence-electron chi connectivity index (χ3n) is 6.06. The predicted octanol–water partition coefficient (Wildman–Crippen LogP) is 7.12. The van der Waals surface area contributed by atoms with Crippen LogP contribution in [0.4, 0.5) is 0 Å². The smallest absolute Gasteiger partial charge is 0.297 e. The zero-order chi connectivity index (χ0) is 23.2. The molecule has 0 radical (unpaired) electrons. The number of ether oxygens (including phenoxy) is 3. The second-order valence-corrected chi connectivity index (χ2v) is 8.59. The number of rotatable bonds is 17. The SMILES string of the molecule is CCCCCCCCOc1ccc2c(OC)c(OC)c(=O)n(CCCCCCCC)c2c1. The fourth-order valence-electron chi connectivity index (χ4n) is 4.20. The molecule has 1 aromatic heterocycles. The quantitative estimate of drug-likeness (QED) is 0.243. The first-order valence-corrected chi connectivity index (χ1v) is 12.6. The Bertz CT molecular complexity index is 859. The van der Waals surface area contributed by atoms with E-state index in [9.17, 15) is 4.79 Å². The summed E-state index contributed by atoms with van der Waals surface area (Å²) in [6.07, 6.45) is 14.5. The Balaban J connectivity index is 2.16. The van der Waals surface area contributed by atoms with Gasteiger partial charge in [-0.15, -0.1) is 0 Å². The van der Waals surface area contributed by atoms with Gasteiger partial charge in [0.1, 0.15) is 5.75 Å². The summed E-state index contributed by atoms with van der Waals surface area (Å²) in [5, 5.41) is 0.877. The first-order chi connectivity index (χ1) is 15.7. The van der Waals surface area contributed by atoms with Gasteiger partial charge in [-0.2, -0.15) is 0 Å². The summed E-state index contributed by atoms with van der Waals surface area (Å²) in [6.45, 7) is 5.83. The highest BCUT2D eigenvalue weighted by Gasteiger charge is 2.18. The molecule has 1 heterocycles. The minimum absolute atomic E-state index is 0.140. The maximum absolute atomic E-state index is 13.2. The number of pyridine rings is 1. The lowest BCUT2D eigenvalue weighted by molar-refractivity contribution is 0.304. The summed E-state index contributed by atoms with van der Waals surface area (Å²) in [4.78, 5) is 13.2.